The van der Waals surface area contributed by atoms with Crippen LogP contribution in [-0.2, 0) is 0 Å². The molecule has 0 aliphatic heterocycles. The highest BCUT2D eigenvalue weighted by atomic mass is 35.0. The fraction of sp³-hybridized carbons (Fsp3) is 0. The van der Waals surface area contributed by atoms with Gasteiger partial charge < -0.3 is 11.5 Å². The molecule has 0 spiro atoms. The Morgan fingerprint density at radius 1 is 1.50 bits per heavy atom. The van der Waals surface area contributed by atoms with E-state index in [2.05, 4.69) is 23.7 Å². The first-order chi connectivity index (χ1) is 1.73. The molecule has 0 aromatic heterocycles. The van der Waals surface area contributed by atoms with Gasteiger partial charge in [-0.15, -0.1) is 0 Å². The summed E-state index contributed by atoms with van der Waals surface area (Å²) in [6.45, 7) is 0. The molecule has 0 amide bonds. The highest BCUT2D eigenvalue weighted by Gasteiger charge is 1.53. The van der Waals surface area contributed by atoms with Crippen molar-refractivity contribution in [2.24, 2.45) is 11.5 Å². The number of thiocarbonyl (C=S) groups is 1. The lowest BCUT2D eigenvalue weighted by Crippen LogP contribution is -2.18. The van der Waals surface area contributed by atoms with Crippen LogP contribution in [0.2, 0.25) is 0 Å². The summed E-state index contributed by atoms with van der Waals surface area (Å²) in [5.74, 6) is 0. The van der Waals surface area contributed by atoms with E-state index >= 15 is 0 Å². The minimum atomic E-state index is 0.000000000000000222. The maximum absolute atomic E-state index is 4.62. The average molecular weight is 79.0 g/mol. The molecule has 4 heavy (non-hydrogen) atoms. The summed E-state index contributed by atoms with van der Waals surface area (Å²) in [5.41, 5.74) is 9.24. The normalized spacial score (nSPS) is 6.00. The molecule has 0 saturated heterocycles. The second-order valence-electron chi connectivity index (χ2n) is 0.402. The van der Waals surface area contributed by atoms with Crippen LogP contribution in [0.1, 0.15) is 0 Å². The van der Waals surface area contributed by atoms with Crippen LogP contribution < -0.4 is 11.5 Å². The Bertz CT molecular complexity index is 29.0. The first-order valence-electron chi connectivity index (χ1n) is 0.781. The van der Waals surface area contributed by atoms with E-state index in [9.17, 15) is 0 Å². The van der Waals surface area contributed by atoms with E-state index in [4.69, 9.17) is 0 Å². The molecule has 0 heterocycles. The van der Waals surface area contributed by atoms with Gasteiger partial charge in [0.05, 0.1) is 0 Å². The van der Waals surface area contributed by atoms with Gasteiger partial charge in [-0.1, -0.05) is 0 Å². The van der Waals surface area contributed by atoms with Gasteiger partial charge in [-0.3, -0.25) is 0 Å². The molecule has 4 N–H and O–H groups in total. The lowest BCUT2D eigenvalue weighted by atomic mass is 11.3. The molecule has 0 aliphatic carbocycles. The molecule has 0 fully saturated rings. The fourth-order valence-corrected chi connectivity index (χ4v) is 0. The first kappa shape index (κ1) is 3.69. The molecule has 0 unspecified atom stereocenters. The van der Waals surface area contributed by atoms with Gasteiger partial charge in [0.1, 0.15) is 0 Å². The first-order valence-corrected chi connectivity index (χ1v) is 1.19. The number of hydrogen-bond donors (Lipinski definition) is 2. The van der Waals surface area contributed by atoms with E-state index in [1.54, 1.807) is 0 Å². The summed E-state index contributed by atoms with van der Waals surface area (Å²) in [6, 6.07) is 0. The Labute approximate surface area is 29.8 Å². The third-order valence-electron chi connectivity index (χ3n) is 0. The van der Waals surface area contributed by atoms with Crippen molar-refractivity contribution in [2.45, 2.75) is 0 Å². The standard InChI is InChI=1S/CH4N2S/c2-1(3)4/h(H4,2,3,4)/i4+3. The van der Waals surface area contributed by atoms with E-state index in [0.717, 1.165) is 0 Å². The minimum absolute atomic E-state index is 0.000000000000000222. The second kappa shape index (κ2) is 1.06. The van der Waals surface area contributed by atoms with Gasteiger partial charge in [0.2, 0.25) is 0 Å². The summed E-state index contributed by atoms with van der Waals surface area (Å²) in [7, 11) is 0. The van der Waals surface area contributed by atoms with E-state index in [-0.39, 0.29) is 5.11 Å². The van der Waals surface area contributed by atoms with Crippen LogP contribution in [0, 0.1) is 0 Å². The van der Waals surface area contributed by atoms with Crippen LogP contribution in [0.15, 0.2) is 0 Å². The molecule has 0 saturated carbocycles. The highest BCUT2D eigenvalue weighted by Crippen LogP contribution is 1.32. The van der Waals surface area contributed by atoms with Crippen LogP contribution in [0.3, 0.4) is 0 Å². The zero-order valence-corrected chi connectivity index (χ0v) is 2.88. The number of nitrogens with two attached hydrogens (primary N) is 2. The third-order valence-corrected chi connectivity index (χ3v) is 0. The Morgan fingerprint density at radius 2 is 1.50 bits per heavy atom. The van der Waals surface area contributed by atoms with Gasteiger partial charge >= 0.3 is 0 Å². The predicted octanol–water partition coefficient (Wildman–Crippen LogP) is -0.811. The van der Waals surface area contributed by atoms with Crippen LogP contribution in [0.5, 0.6) is 0 Å². The van der Waals surface area contributed by atoms with Gasteiger partial charge in [0, 0.05) is 0 Å². The second-order valence-corrected chi connectivity index (χ2v) is 0.874. The van der Waals surface area contributed by atoms with Crippen molar-refractivity contribution in [3.63, 3.8) is 0 Å². The summed E-state index contributed by atoms with van der Waals surface area (Å²) in [6.07, 6.45) is 0. The summed E-state index contributed by atoms with van der Waals surface area (Å²) in [4.78, 5) is 0. The summed E-state index contributed by atoms with van der Waals surface area (Å²) in [5, 5.41) is 0.000000000000000222. The van der Waals surface area contributed by atoms with Gasteiger partial charge in [0.25, 0.3) is 0 Å². The quantitative estimate of drug-likeness (QED) is 0.373. The molecule has 0 atom stereocenters. The molecule has 0 aliphatic rings. The summed E-state index contributed by atoms with van der Waals surface area (Å²) < 4.78 is 0. The lowest BCUT2D eigenvalue weighted by Gasteiger charge is -1.68. The van der Waals surface area contributed by atoms with Crippen LogP contribution in [-0.4, -0.2) is 5.11 Å². The highest BCUT2D eigenvalue weighted by molar-refractivity contribution is 7.80. The molecular formula is CH4N2S. The molecule has 0 aromatic carbocycles. The zero-order chi connectivity index (χ0) is 3.58. The van der Waals surface area contributed by atoms with E-state index in [1.165, 1.54) is 0 Å². The Balaban J connectivity index is 2.80. The fourth-order valence-electron chi connectivity index (χ4n) is 0. The van der Waals surface area contributed by atoms with Crippen molar-refractivity contribution in [3.05, 3.63) is 0 Å². The van der Waals surface area contributed by atoms with Crippen molar-refractivity contribution in [2.75, 3.05) is 0 Å². The monoisotopic (exact) mass is 79.0 g/mol. The molecule has 3 heteroatoms. The minimum Gasteiger partial charge on any atom is -0.377 e. The number of hydrogen-bond acceptors (Lipinski definition) is 1. The zero-order valence-electron chi connectivity index (χ0n) is 2.06. The molecular weight excluding hydrogens is 75.0 g/mol. The molecule has 0 radical (unpaired) electrons. The number of rotatable bonds is 0. The maximum atomic E-state index is 4.62. The van der Waals surface area contributed by atoms with E-state index in [1.807, 2.05) is 0 Å². The van der Waals surface area contributed by atoms with Gasteiger partial charge in [-0.05, 0) is 12.2 Å². The Kier molecular flexibility index (Phi) is 0.979. The molecule has 0 aromatic rings. The van der Waals surface area contributed by atoms with Crippen LogP contribution in [0.4, 0.5) is 0 Å². The smallest absolute Gasteiger partial charge is 0.160 e. The lowest BCUT2D eigenvalue weighted by molar-refractivity contribution is 1.65. The van der Waals surface area contributed by atoms with Crippen molar-refractivity contribution < 1.29 is 0 Å². The van der Waals surface area contributed by atoms with E-state index in [0.29, 0.717) is 0 Å². The largest absolute Gasteiger partial charge is 0.377 e. The average Bonchev–Trinajstić information content (AvgIpc) is 0.811. The van der Waals surface area contributed by atoms with Crippen molar-refractivity contribution in [1.82, 2.24) is 0 Å². The predicted molar refractivity (Wildman–Crippen MR) is 21.0 cm³/mol. The Morgan fingerprint density at radius 3 is 1.50 bits per heavy atom. The summed E-state index contributed by atoms with van der Waals surface area (Å²) >= 11 is 4.09. The molecule has 2 nitrogen and oxygen atoms in total. The topological polar surface area (TPSA) is 52.0 Å². The molecule has 24 valence electrons. The van der Waals surface area contributed by atoms with Crippen molar-refractivity contribution >= 4 is 17.3 Å². The maximum Gasteiger partial charge on any atom is 0.160 e. The van der Waals surface area contributed by atoms with E-state index < -0.39 is 0 Å². The van der Waals surface area contributed by atoms with Gasteiger partial charge in [-0.2, -0.15) is 0 Å². The van der Waals surface area contributed by atoms with Crippen LogP contribution in [0.25, 0.3) is 0 Å². The third kappa shape index (κ3) is 8.37. The van der Waals surface area contributed by atoms with Crippen molar-refractivity contribution in [3.8, 4) is 0 Å². The van der Waals surface area contributed by atoms with Gasteiger partial charge in [-0.25, -0.2) is 0 Å². The van der Waals surface area contributed by atoms with Crippen molar-refractivity contribution in [1.29, 1.82) is 0 Å². The SMILES string of the molecule is NC(N)=[35S]. The van der Waals surface area contributed by atoms with Gasteiger partial charge in [0.15, 0.2) is 5.11 Å². The van der Waals surface area contributed by atoms with Crippen LogP contribution >= 0.6 is 12.2 Å². The molecule has 0 rings (SSSR count). The Hall–Kier alpha value is -0.310. The molecule has 0 bridgehead atoms.